The molecule has 0 spiro atoms. The second-order valence-electron chi connectivity index (χ2n) is 8.37. The summed E-state index contributed by atoms with van der Waals surface area (Å²) >= 11 is 0. The number of nitrogens with two attached hydrogens (primary N) is 1. The minimum atomic E-state index is -2.87. The van der Waals surface area contributed by atoms with E-state index in [0.717, 1.165) is 51.0 Å². The van der Waals surface area contributed by atoms with Gasteiger partial charge in [-0.2, -0.15) is 13.8 Å². The Balaban J connectivity index is 1.53. The summed E-state index contributed by atoms with van der Waals surface area (Å²) in [6.07, 6.45) is 4.11. The summed E-state index contributed by atoms with van der Waals surface area (Å²) in [5, 5.41) is 0. The number of alkyl halides is 2. The van der Waals surface area contributed by atoms with E-state index in [-0.39, 0.29) is 23.9 Å². The number of rotatable bonds is 8. The van der Waals surface area contributed by atoms with E-state index in [1.165, 1.54) is 12.1 Å². The fourth-order valence-corrected chi connectivity index (χ4v) is 3.93. The van der Waals surface area contributed by atoms with Gasteiger partial charge < -0.3 is 15.2 Å². The van der Waals surface area contributed by atoms with Crippen molar-refractivity contribution in [2.75, 3.05) is 24.5 Å². The second kappa shape index (κ2) is 10.3. The average molecular weight is 461 g/mol. The third-order valence-corrected chi connectivity index (χ3v) is 5.70. The lowest BCUT2D eigenvalue weighted by atomic mass is 10.1. The van der Waals surface area contributed by atoms with Crippen LogP contribution in [-0.4, -0.2) is 59.2 Å². The normalized spacial score (nSPS) is 19.5. The van der Waals surface area contributed by atoms with Crippen LogP contribution in [0.1, 0.15) is 38.3 Å². The standard InChI is InChI=1S/C23H30F2N6O2/c1-3-30-12-4-5-19(14-30)32-20-13-15(2)27-23(29-20)31(17-8-9-17)22(26)28-16-6-10-18(11-7-16)33-21(24)25/h6-7,10-11,13,17,19,21H,3-5,8-9,12,14H2,1-2H3,(H2,26,28). The monoisotopic (exact) mass is 460 g/mol. The van der Waals surface area contributed by atoms with Gasteiger partial charge in [0.05, 0.1) is 5.69 Å². The maximum atomic E-state index is 12.4. The predicted octanol–water partition coefficient (Wildman–Crippen LogP) is 3.86. The van der Waals surface area contributed by atoms with Gasteiger partial charge in [0.1, 0.15) is 11.9 Å². The largest absolute Gasteiger partial charge is 0.473 e. The van der Waals surface area contributed by atoms with Gasteiger partial charge in [-0.25, -0.2) is 9.98 Å². The van der Waals surface area contributed by atoms with Gasteiger partial charge in [-0.1, -0.05) is 6.92 Å². The van der Waals surface area contributed by atoms with E-state index in [2.05, 4.69) is 31.5 Å². The lowest BCUT2D eigenvalue weighted by Crippen LogP contribution is -2.41. The van der Waals surface area contributed by atoms with Crippen LogP contribution in [0.25, 0.3) is 0 Å². The number of likely N-dealkylation sites (N-methyl/N-ethyl adjacent to an activating group) is 1. The number of anilines is 1. The lowest BCUT2D eigenvalue weighted by molar-refractivity contribution is -0.0498. The van der Waals surface area contributed by atoms with Crippen molar-refractivity contribution in [3.63, 3.8) is 0 Å². The highest BCUT2D eigenvalue weighted by atomic mass is 19.3. The summed E-state index contributed by atoms with van der Waals surface area (Å²) in [6.45, 7) is 4.18. The molecule has 0 bridgehead atoms. The van der Waals surface area contributed by atoms with E-state index in [1.807, 2.05) is 17.9 Å². The molecule has 1 aliphatic carbocycles. The van der Waals surface area contributed by atoms with Crippen LogP contribution in [0, 0.1) is 6.92 Å². The zero-order valence-electron chi connectivity index (χ0n) is 19.0. The van der Waals surface area contributed by atoms with Gasteiger partial charge in [-0.05, 0) is 70.0 Å². The first kappa shape index (κ1) is 23.2. The molecule has 0 radical (unpaired) electrons. The summed E-state index contributed by atoms with van der Waals surface area (Å²) in [4.78, 5) is 17.9. The van der Waals surface area contributed by atoms with Crippen molar-refractivity contribution in [1.82, 2.24) is 14.9 Å². The fraction of sp³-hybridized carbons (Fsp3) is 0.522. The van der Waals surface area contributed by atoms with Crippen molar-refractivity contribution in [3.8, 4) is 11.6 Å². The van der Waals surface area contributed by atoms with Crippen molar-refractivity contribution >= 4 is 17.6 Å². The number of piperidine rings is 1. The van der Waals surface area contributed by atoms with Crippen molar-refractivity contribution < 1.29 is 18.3 Å². The Bertz CT molecular complexity index is 968. The number of aryl methyl sites for hydroxylation is 1. The number of halogens is 2. The maximum Gasteiger partial charge on any atom is 0.387 e. The molecule has 10 heteroatoms. The summed E-state index contributed by atoms with van der Waals surface area (Å²) in [7, 11) is 0. The van der Waals surface area contributed by atoms with Gasteiger partial charge in [0.2, 0.25) is 17.8 Å². The van der Waals surface area contributed by atoms with E-state index in [9.17, 15) is 8.78 Å². The molecular formula is C23H30F2N6O2. The van der Waals surface area contributed by atoms with Crippen LogP contribution in [0.2, 0.25) is 0 Å². The quantitative estimate of drug-likeness (QED) is 0.473. The highest BCUT2D eigenvalue weighted by Gasteiger charge is 2.34. The summed E-state index contributed by atoms with van der Waals surface area (Å²) in [6, 6.07) is 8.01. The minimum absolute atomic E-state index is 0.0646. The Labute approximate surface area is 192 Å². The Kier molecular flexibility index (Phi) is 7.22. The van der Waals surface area contributed by atoms with Crippen molar-refractivity contribution in [1.29, 1.82) is 0 Å². The van der Waals surface area contributed by atoms with Gasteiger partial charge in [-0.15, -0.1) is 0 Å². The molecule has 2 aliphatic rings. The molecule has 1 aromatic heterocycles. The number of nitrogens with zero attached hydrogens (tertiary/aromatic N) is 5. The molecule has 0 amide bonds. The molecule has 1 unspecified atom stereocenters. The molecule has 178 valence electrons. The molecular weight excluding hydrogens is 430 g/mol. The van der Waals surface area contributed by atoms with Crippen LogP contribution in [0.4, 0.5) is 20.4 Å². The van der Waals surface area contributed by atoms with Crippen LogP contribution in [0.15, 0.2) is 35.3 Å². The van der Waals surface area contributed by atoms with Gasteiger partial charge in [0.25, 0.3) is 0 Å². The van der Waals surface area contributed by atoms with Crippen molar-refractivity contribution in [2.24, 2.45) is 10.7 Å². The molecule has 1 aromatic carbocycles. The lowest BCUT2D eigenvalue weighted by Gasteiger charge is -2.31. The summed E-state index contributed by atoms with van der Waals surface area (Å²) < 4.78 is 35.3. The highest BCUT2D eigenvalue weighted by molar-refractivity contribution is 5.96. The second-order valence-corrected chi connectivity index (χ2v) is 8.37. The third kappa shape index (κ3) is 6.28. The first-order valence-corrected chi connectivity index (χ1v) is 11.3. The number of hydrogen-bond acceptors (Lipinski definition) is 6. The summed E-state index contributed by atoms with van der Waals surface area (Å²) in [5.74, 6) is 1.29. The number of aliphatic imine (C=N–C) groups is 1. The molecule has 4 rings (SSSR count). The number of aromatic nitrogens is 2. The van der Waals surface area contributed by atoms with Gasteiger partial charge >= 0.3 is 6.61 Å². The Morgan fingerprint density at radius 1 is 1.24 bits per heavy atom. The first-order valence-electron chi connectivity index (χ1n) is 11.3. The molecule has 8 nitrogen and oxygen atoms in total. The number of guanidine groups is 1. The van der Waals surface area contributed by atoms with Crippen LogP contribution < -0.4 is 20.1 Å². The van der Waals surface area contributed by atoms with Crippen LogP contribution in [-0.2, 0) is 0 Å². The van der Waals surface area contributed by atoms with E-state index < -0.39 is 6.61 Å². The molecule has 33 heavy (non-hydrogen) atoms. The topological polar surface area (TPSA) is 89.1 Å². The van der Waals surface area contributed by atoms with Crippen LogP contribution >= 0.6 is 0 Å². The maximum absolute atomic E-state index is 12.4. The summed E-state index contributed by atoms with van der Waals surface area (Å²) in [5.41, 5.74) is 7.66. The van der Waals surface area contributed by atoms with E-state index in [1.54, 1.807) is 12.1 Å². The Morgan fingerprint density at radius 3 is 2.67 bits per heavy atom. The first-order chi connectivity index (χ1) is 15.9. The number of hydrogen-bond donors (Lipinski definition) is 1. The molecule has 1 aliphatic heterocycles. The zero-order chi connectivity index (χ0) is 23.4. The number of ether oxygens (including phenoxy) is 2. The Morgan fingerprint density at radius 2 is 2.00 bits per heavy atom. The van der Waals surface area contributed by atoms with Crippen LogP contribution in [0.3, 0.4) is 0 Å². The van der Waals surface area contributed by atoms with E-state index in [4.69, 9.17) is 10.5 Å². The smallest absolute Gasteiger partial charge is 0.387 e. The molecule has 2 fully saturated rings. The zero-order valence-corrected chi connectivity index (χ0v) is 19.0. The SMILES string of the molecule is CCN1CCCC(Oc2cc(C)nc(N(C(N)=Nc3ccc(OC(F)F)cc3)C3CC3)n2)C1. The van der Waals surface area contributed by atoms with E-state index in [0.29, 0.717) is 17.5 Å². The molecule has 1 atom stereocenters. The van der Waals surface area contributed by atoms with E-state index >= 15 is 0 Å². The molecule has 1 saturated carbocycles. The van der Waals surface area contributed by atoms with Gasteiger partial charge in [0, 0.05) is 24.3 Å². The fourth-order valence-electron chi connectivity index (χ4n) is 3.93. The van der Waals surface area contributed by atoms with Crippen molar-refractivity contribution in [2.45, 2.75) is 58.3 Å². The highest BCUT2D eigenvalue weighted by Crippen LogP contribution is 2.32. The molecule has 2 aromatic rings. The van der Waals surface area contributed by atoms with Gasteiger partial charge in [0.15, 0.2) is 0 Å². The molecule has 2 heterocycles. The number of likely N-dealkylation sites (tertiary alicyclic amines) is 1. The Hall–Kier alpha value is -3.01. The minimum Gasteiger partial charge on any atom is -0.473 e. The predicted molar refractivity (Wildman–Crippen MR) is 122 cm³/mol. The molecule has 2 N–H and O–H groups in total. The van der Waals surface area contributed by atoms with Crippen LogP contribution in [0.5, 0.6) is 11.6 Å². The van der Waals surface area contributed by atoms with Gasteiger partial charge in [-0.3, -0.25) is 9.80 Å². The third-order valence-electron chi connectivity index (χ3n) is 5.70. The van der Waals surface area contributed by atoms with Crippen molar-refractivity contribution in [3.05, 3.63) is 36.0 Å². The number of benzene rings is 1. The average Bonchev–Trinajstić information content (AvgIpc) is 3.60. The molecule has 1 saturated heterocycles.